The lowest BCUT2D eigenvalue weighted by molar-refractivity contribution is 0.0603. The predicted octanol–water partition coefficient (Wildman–Crippen LogP) is 4.39. The summed E-state index contributed by atoms with van der Waals surface area (Å²) in [6.07, 6.45) is 0.654. The smallest absolute Gasteiger partial charge is 0.339 e. The van der Waals surface area contributed by atoms with E-state index in [9.17, 15) is 9.18 Å². The van der Waals surface area contributed by atoms with Crippen molar-refractivity contribution >= 4 is 16.9 Å². The second-order valence-electron chi connectivity index (χ2n) is 5.18. The summed E-state index contributed by atoms with van der Waals surface area (Å²) in [5, 5.41) is 0.466. The van der Waals surface area contributed by atoms with Crippen LogP contribution >= 0.6 is 0 Å². The highest BCUT2D eigenvalue weighted by Gasteiger charge is 2.22. The van der Waals surface area contributed by atoms with Crippen LogP contribution in [0.3, 0.4) is 0 Å². The lowest BCUT2D eigenvalue weighted by atomic mass is 9.93. The zero-order chi connectivity index (χ0) is 16.4. The van der Waals surface area contributed by atoms with E-state index in [0.29, 0.717) is 28.5 Å². The first-order valence-corrected chi connectivity index (χ1v) is 7.41. The van der Waals surface area contributed by atoms with E-state index >= 15 is 0 Å². The van der Waals surface area contributed by atoms with E-state index in [1.807, 2.05) is 37.3 Å². The zero-order valence-electron chi connectivity index (χ0n) is 13.0. The Morgan fingerprint density at radius 1 is 1.17 bits per heavy atom. The van der Waals surface area contributed by atoms with E-state index in [0.717, 1.165) is 11.3 Å². The van der Waals surface area contributed by atoms with E-state index in [4.69, 9.17) is 4.74 Å². The fraction of sp³-hybridized carbons (Fsp3) is 0.158. The van der Waals surface area contributed by atoms with Crippen LogP contribution in [0.15, 0.2) is 48.5 Å². The summed E-state index contributed by atoms with van der Waals surface area (Å²) in [6.45, 7) is 1.98. The van der Waals surface area contributed by atoms with Crippen molar-refractivity contribution in [3.63, 3.8) is 0 Å². The predicted molar refractivity (Wildman–Crippen MR) is 87.9 cm³/mol. The summed E-state index contributed by atoms with van der Waals surface area (Å²) < 4.78 is 18.7. The van der Waals surface area contributed by atoms with Crippen molar-refractivity contribution in [3.05, 3.63) is 65.6 Å². The zero-order valence-corrected chi connectivity index (χ0v) is 13.0. The molecule has 0 radical (unpaired) electrons. The molecule has 0 saturated heterocycles. The van der Waals surface area contributed by atoms with Gasteiger partial charge in [0, 0.05) is 16.6 Å². The number of rotatable bonds is 3. The molecule has 0 fully saturated rings. The second-order valence-corrected chi connectivity index (χ2v) is 5.18. The molecule has 0 bridgehead atoms. The van der Waals surface area contributed by atoms with Crippen LogP contribution in [0.2, 0.25) is 0 Å². The molecule has 0 unspecified atom stereocenters. The fourth-order valence-corrected chi connectivity index (χ4v) is 2.77. The molecule has 3 nitrogen and oxygen atoms in total. The molecule has 3 rings (SSSR count). The Bertz CT molecular complexity index is 875. The number of ether oxygens (including phenoxy) is 1. The molecule has 0 spiro atoms. The van der Waals surface area contributed by atoms with Crippen LogP contribution in [0.5, 0.6) is 0 Å². The molecule has 3 aromatic rings. The molecule has 116 valence electrons. The van der Waals surface area contributed by atoms with Gasteiger partial charge in [-0.25, -0.2) is 9.18 Å². The van der Waals surface area contributed by atoms with Gasteiger partial charge in [0.05, 0.1) is 18.2 Å². The molecule has 0 aliphatic heterocycles. The summed E-state index contributed by atoms with van der Waals surface area (Å²) in [6, 6.07) is 13.8. The van der Waals surface area contributed by atoms with Crippen LogP contribution in [0.25, 0.3) is 22.0 Å². The van der Waals surface area contributed by atoms with E-state index < -0.39 is 11.8 Å². The van der Waals surface area contributed by atoms with Gasteiger partial charge in [-0.3, -0.25) is 4.98 Å². The first-order valence-electron chi connectivity index (χ1n) is 7.41. The van der Waals surface area contributed by atoms with Gasteiger partial charge in [0.1, 0.15) is 5.82 Å². The number of pyridine rings is 1. The molecule has 0 saturated carbocycles. The quantitative estimate of drug-likeness (QED) is 0.674. The molecule has 0 aliphatic rings. The highest BCUT2D eigenvalue weighted by atomic mass is 19.1. The Balaban J connectivity index is 2.47. The van der Waals surface area contributed by atoms with Crippen molar-refractivity contribution in [1.82, 2.24) is 4.98 Å². The molecular weight excluding hydrogens is 293 g/mol. The summed E-state index contributed by atoms with van der Waals surface area (Å²) in [4.78, 5) is 17.0. The average Bonchev–Trinajstić information content (AvgIpc) is 2.60. The summed E-state index contributed by atoms with van der Waals surface area (Å²) in [5.41, 5.74) is 3.31. The van der Waals surface area contributed by atoms with E-state index in [1.54, 1.807) is 6.07 Å². The normalized spacial score (nSPS) is 10.7. The Kier molecular flexibility index (Phi) is 4.06. The highest BCUT2D eigenvalue weighted by Crippen LogP contribution is 2.33. The number of aryl methyl sites for hydroxylation is 1. The number of esters is 1. The van der Waals surface area contributed by atoms with Gasteiger partial charge < -0.3 is 4.74 Å². The molecule has 0 aliphatic carbocycles. The van der Waals surface area contributed by atoms with Crippen LogP contribution in [0.4, 0.5) is 4.39 Å². The number of hydrogen-bond donors (Lipinski definition) is 0. The minimum absolute atomic E-state index is 0.361. The number of carbonyl (C=O) groups excluding carboxylic acids is 1. The molecule has 0 amide bonds. The average molecular weight is 309 g/mol. The van der Waals surface area contributed by atoms with Crippen molar-refractivity contribution in [1.29, 1.82) is 0 Å². The maximum Gasteiger partial charge on any atom is 0.339 e. The lowest BCUT2D eigenvalue weighted by Crippen LogP contribution is -2.09. The van der Waals surface area contributed by atoms with Gasteiger partial charge in [-0.1, -0.05) is 37.3 Å². The van der Waals surface area contributed by atoms with Gasteiger partial charge >= 0.3 is 5.97 Å². The van der Waals surface area contributed by atoms with Gasteiger partial charge in [-0.05, 0) is 30.2 Å². The molecule has 4 heteroatoms. The maximum atomic E-state index is 13.7. The molecule has 23 heavy (non-hydrogen) atoms. The minimum atomic E-state index is -0.489. The number of carbonyl (C=O) groups is 1. The summed E-state index contributed by atoms with van der Waals surface area (Å²) >= 11 is 0. The number of nitrogens with zero attached hydrogens (tertiary/aromatic N) is 1. The number of methoxy groups -OCH3 is 1. The minimum Gasteiger partial charge on any atom is -0.465 e. The standard InChI is InChI=1S/C19H16FNO2/c1-3-15-17(12-7-5-4-6-8-12)18(19(22)23-2)14-11-13(20)9-10-16(14)21-15/h4-11H,3H2,1-2H3. The third kappa shape index (κ3) is 2.68. The molecule has 1 aromatic heterocycles. The Morgan fingerprint density at radius 3 is 2.57 bits per heavy atom. The molecular formula is C19H16FNO2. The van der Waals surface area contributed by atoms with Crippen LogP contribution in [0, 0.1) is 5.82 Å². The topological polar surface area (TPSA) is 39.2 Å². The molecule has 1 heterocycles. The number of halogens is 1. The van der Waals surface area contributed by atoms with Gasteiger partial charge in [-0.15, -0.1) is 0 Å². The molecule has 0 N–H and O–H groups in total. The number of hydrogen-bond acceptors (Lipinski definition) is 3. The van der Waals surface area contributed by atoms with Crippen molar-refractivity contribution < 1.29 is 13.9 Å². The van der Waals surface area contributed by atoms with E-state index in [1.165, 1.54) is 19.2 Å². The second kappa shape index (κ2) is 6.16. The van der Waals surface area contributed by atoms with Crippen LogP contribution in [0.1, 0.15) is 23.0 Å². The largest absolute Gasteiger partial charge is 0.465 e. The first kappa shape index (κ1) is 15.2. The van der Waals surface area contributed by atoms with Crippen LogP contribution in [-0.2, 0) is 11.2 Å². The van der Waals surface area contributed by atoms with Crippen molar-refractivity contribution in [2.24, 2.45) is 0 Å². The van der Waals surface area contributed by atoms with Gasteiger partial charge in [0.25, 0.3) is 0 Å². The van der Waals surface area contributed by atoms with Crippen molar-refractivity contribution in [2.45, 2.75) is 13.3 Å². The Hall–Kier alpha value is -2.75. The Morgan fingerprint density at radius 2 is 1.91 bits per heavy atom. The Labute approximate surface area is 133 Å². The van der Waals surface area contributed by atoms with E-state index in [-0.39, 0.29) is 0 Å². The first-order chi connectivity index (χ1) is 11.2. The lowest BCUT2D eigenvalue weighted by Gasteiger charge is -2.15. The van der Waals surface area contributed by atoms with Crippen LogP contribution < -0.4 is 0 Å². The number of benzene rings is 2. The fourth-order valence-electron chi connectivity index (χ4n) is 2.77. The highest BCUT2D eigenvalue weighted by molar-refractivity contribution is 6.09. The van der Waals surface area contributed by atoms with Crippen LogP contribution in [-0.4, -0.2) is 18.1 Å². The van der Waals surface area contributed by atoms with Gasteiger partial charge in [-0.2, -0.15) is 0 Å². The van der Waals surface area contributed by atoms with E-state index in [2.05, 4.69) is 4.98 Å². The third-order valence-corrected chi connectivity index (χ3v) is 3.81. The third-order valence-electron chi connectivity index (χ3n) is 3.81. The molecule has 2 aromatic carbocycles. The molecule has 0 atom stereocenters. The monoisotopic (exact) mass is 309 g/mol. The summed E-state index contributed by atoms with van der Waals surface area (Å²) in [5.74, 6) is -0.899. The van der Waals surface area contributed by atoms with Crippen molar-refractivity contribution in [2.75, 3.05) is 7.11 Å². The van der Waals surface area contributed by atoms with Gasteiger partial charge in [0.2, 0.25) is 0 Å². The maximum absolute atomic E-state index is 13.7. The summed E-state index contributed by atoms with van der Waals surface area (Å²) in [7, 11) is 1.33. The van der Waals surface area contributed by atoms with Gasteiger partial charge in [0.15, 0.2) is 0 Å². The van der Waals surface area contributed by atoms with Crippen molar-refractivity contribution in [3.8, 4) is 11.1 Å². The SMILES string of the molecule is CCc1nc2ccc(F)cc2c(C(=O)OC)c1-c1ccccc1. The number of aromatic nitrogens is 1. The number of fused-ring (bicyclic) bond motifs is 1.